The van der Waals surface area contributed by atoms with Crippen LogP contribution in [0, 0.1) is 0 Å². The Kier molecular flexibility index (Phi) is 6.32. The molecule has 0 saturated carbocycles. The largest absolute Gasteiger partial charge is 0.377 e. The minimum Gasteiger partial charge on any atom is -0.377 e. The summed E-state index contributed by atoms with van der Waals surface area (Å²) in [7, 11) is 2.08. The number of aromatic nitrogens is 2. The highest BCUT2D eigenvalue weighted by molar-refractivity contribution is 5.06. The number of ether oxygens (including phenoxy) is 1. The number of likely N-dealkylation sites (N-methyl/N-ethyl adjacent to an activating group) is 1. The molecule has 0 saturated heterocycles. The van der Waals surface area contributed by atoms with Crippen molar-refractivity contribution < 1.29 is 4.74 Å². The van der Waals surface area contributed by atoms with Crippen LogP contribution in [0.4, 0.5) is 0 Å². The van der Waals surface area contributed by atoms with E-state index in [0.29, 0.717) is 6.54 Å². The molecule has 5 nitrogen and oxygen atoms in total. The van der Waals surface area contributed by atoms with Gasteiger partial charge < -0.3 is 15.0 Å². The van der Waals surface area contributed by atoms with Crippen LogP contribution in [0.3, 0.4) is 0 Å². The summed E-state index contributed by atoms with van der Waals surface area (Å²) in [4.78, 5) is 6.43. The fourth-order valence-corrected chi connectivity index (χ4v) is 1.99. The molecule has 1 aromatic heterocycles. The van der Waals surface area contributed by atoms with E-state index >= 15 is 0 Å². The summed E-state index contributed by atoms with van der Waals surface area (Å²) in [5.74, 6) is 0. The molecule has 0 radical (unpaired) electrons. The molecular weight excluding hydrogens is 228 g/mol. The second-order valence-corrected chi connectivity index (χ2v) is 4.76. The molecule has 1 aromatic rings. The van der Waals surface area contributed by atoms with Gasteiger partial charge in [-0.2, -0.15) is 0 Å². The van der Waals surface area contributed by atoms with Gasteiger partial charge in [0, 0.05) is 25.8 Å². The van der Waals surface area contributed by atoms with Crippen molar-refractivity contribution in [2.45, 2.75) is 39.5 Å². The molecule has 5 heteroatoms. The zero-order valence-electron chi connectivity index (χ0n) is 12.0. The van der Waals surface area contributed by atoms with E-state index < -0.39 is 0 Å². The highest BCUT2D eigenvalue weighted by Gasteiger charge is 2.18. The maximum Gasteiger partial charge on any atom is 0.0948 e. The molecule has 0 aliphatic heterocycles. The summed E-state index contributed by atoms with van der Waals surface area (Å²) in [6.45, 7) is 9.31. The topological polar surface area (TPSA) is 56.3 Å². The molecule has 1 heterocycles. The van der Waals surface area contributed by atoms with Crippen LogP contribution in [0.25, 0.3) is 0 Å². The zero-order valence-corrected chi connectivity index (χ0v) is 12.0. The van der Waals surface area contributed by atoms with Crippen LogP contribution < -0.4 is 5.73 Å². The Morgan fingerprint density at radius 2 is 2.22 bits per heavy atom. The molecular formula is C13H26N4O. The SMILES string of the molecule is CCn1cncc1C(CN)N(C)CCOC(C)C. The standard InChI is InChI=1S/C13H26N4O/c1-5-17-10-15-9-13(17)12(8-14)16(4)6-7-18-11(2)3/h9-12H,5-8,14H2,1-4H3. The Bertz CT molecular complexity index is 337. The van der Waals surface area contributed by atoms with Gasteiger partial charge in [-0.15, -0.1) is 0 Å². The summed E-state index contributed by atoms with van der Waals surface area (Å²) < 4.78 is 7.71. The Hall–Kier alpha value is -0.910. The lowest BCUT2D eigenvalue weighted by atomic mass is 10.2. The van der Waals surface area contributed by atoms with E-state index in [2.05, 4.69) is 28.4 Å². The Morgan fingerprint density at radius 1 is 1.50 bits per heavy atom. The highest BCUT2D eigenvalue weighted by atomic mass is 16.5. The first-order valence-electron chi connectivity index (χ1n) is 6.62. The van der Waals surface area contributed by atoms with Crippen molar-refractivity contribution >= 4 is 0 Å². The molecule has 1 atom stereocenters. The van der Waals surface area contributed by atoms with Crippen LogP contribution in [0.5, 0.6) is 0 Å². The summed E-state index contributed by atoms with van der Waals surface area (Å²) in [5.41, 5.74) is 7.07. The second kappa shape index (κ2) is 7.51. The first kappa shape index (κ1) is 15.1. The molecule has 0 fully saturated rings. The van der Waals surface area contributed by atoms with Crippen LogP contribution in [0.2, 0.25) is 0 Å². The molecule has 104 valence electrons. The molecule has 0 aromatic carbocycles. The first-order valence-corrected chi connectivity index (χ1v) is 6.62. The molecule has 0 aliphatic carbocycles. The van der Waals surface area contributed by atoms with Gasteiger partial charge in [0.05, 0.1) is 30.8 Å². The van der Waals surface area contributed by atoms with Gasteiger partial charge in [0.1, 0.15) is 0 Å². The minimum absolute atomic E-state index is 0.197. The average Bonchev–Trinajstić information content (AvgIpc) is 2.77. The number of nitrogens with two attached hydrogens (primary N) is 1. The van der Waals surface area contributed by atoms with Gasteiger partial charge in [0.15, 0.2) is 0 Å². The maximum atomic E-state index is 5.90. The number of rotatable bonds is 8. The summed E-state index contributed by atoms with van der Waals surface area (Å²) >= 11 is 0. The fraction of sp³-hybridized carbons (Fsp3) is 0.769. The van der Waals surface area contributed by atoms with E-state index in [1.54, 1.807) is 0 Å². The monoisotopic (exact) mass is 254 g/mol. The molecule has 0 bridgehead atoms. The van der Waals surface area contributed by atoms with Crippen LogP contribution in [-0.2, 0) is 11.3 Å². The van der Waals surface area contributed by atoms with Gasteiger partial charge in [0.25, 0.3) is 0 Å². The number of hydrogen-bond acceptors (Lipinski definition) is 4. The predicted molar refractivity (Wildman–Crippen MR) is 73.4 cm³/mol. The Balaban J connectivity index is 2.59. The first-order chi connectivity index (χ1) is 8.60. The molecule has 0 spiro atoms. The molecule has 2 N–H and O–H groups in total. The maximum absolute atomic E-state index is 5.90. The Morgan fingerprint density at radius 3 is 2.78 bits per heavy atom. The van der Waals surface area contributed by atoms with Gasteiger partial charge in [-0.1, -0.05) is 0 Å². The van der Waals surface area contributed by atoms with Crippen molar-refractivity contribution in [1.82, 2.24) is 14.5 Å². The normalized spacial score (nSPS) is 13.5. The van der Waals surface area contributed by atoms with E-state index in [-0.39, 0.29) is 12.1 Å². The van der Waals surface area contributed by atoms with Crippen molar-refractivity contribution in [3.8, 4) is 0 Å². The lowest BCUT2D eigenvalue weighted by Crippen LogP contribution is -2.34. The van der Waals surface area contributed by atoms with Crippen molar-refractivity contribution in [2.75, 3.05) is 26.7 Å². The molecule has 0 aliphatic rings. The van der Waals surface area contributed by atoms with Gasteiger partial charge in [-0.05, 0) is 27.8 Å². The third-order valence-corrected chi connectivity index (χ3v) is 3.08. The molecule has 1 unspecified atom stereocenters. The molecule has 1 rings (SSSR count). The summed E-state index contributed by atoms with van der Waals surface area (Å²) in [5, 5.41) is 0. The fourth-order valence-electron chi connectivity index (χ4n) is 1.99. The van der Waals surface area contributed by atoms with Gasteiger partial charge >= 0.3 is 0 Å². The number of nitrogens with zero attached hydrogens (tertiary/aromatic N) is 3. The van der Waals surface area contributed by atoms with E-state index in [1.165, 1.54) is 5.69 Å². The summed E-state index contributed by atoms with van der Waals surface area (Å²) in [6.07, 6.45) is 4.04. The molecule has 0 amide bonds. The van der Waals surface area contributed by atoms with E-state index in [9.17, 15) is 0 Å². The second-order valence-electron chi connectivity index (χ2n) is 4.76. The lowest BCUT2D eigenvalue weighted by molar-refractivity contribution is 0.0557. The van der Waals surface area contributed by atoms with E-state index in [4.69, 9.17) is 10.5 Å². The van der Waals surface area contributed by atoms with Crippen molar-refractivity contribution in [1.29, 1.82) is 0 Å². The zero-order chi connectivity index (χ0) is 13.5. The number of imidazole rings is 1. The molecule has 18 heavy (non-hydrogen) atoms. The quantitative estimate of drug-likeness (QED) is 0.759. The highest BCUT2D eigenvalue weighted by Crippen LogP contribution is 2.17. The van der Waals surface area contributed by atoms with Crippen LogP contribution in [0.15, 0.2) is 12.5 Å². The number of aryl methyl sites for hydroxylation is 1. The van der Waals surface area contributed by atoms with Gasteiger partial charge in [-0.25, -0.2) is 4.98 Å². The Labute approximate surface area is 110 Å². The van der Waals surface area contributed by atoms with E-state index in [0.717, 1.165) is 19.7 Å². The number of hydrogen-bond donors (Lipinski definition) is 1. The summed E-state index contributed by atoms with van der Waals surface area (Å²) in [6, 6.07) is 0.197. The van der Waals surface area contributed by atoms with Crippen LogP contribution in [-0.4, -0.2) is 47.3 Å². The lowest BCUT2D eigenvalue weighted by Gasteiger charge is -2.27. The van der Waals surface area contributed by atoms with Crippen molar-refractivity contribution in [3.63, 3.8) is 0 Å². The smallest absolute Gasteiger partial charge is 0.0948 e. The van der Waals surface area contributed by atoms with E-state index in [1.807, 2.05) is 26.4 Å². The third kappa shape index (κ3) is 4.08. The predicted octanol–water partition coefficient (Wildman–Crippen LogP) is 1.26. The minimum atomic E-state index is 0.197. The average molecular weight is 254 g/mol. The van der Waals surface area contributed by atoms with Crippen LogP contribution >= 0.6 is 0 Å². The third-order valence-electron chi connectivity index (χ3n) is 3.08. The van der Waals surface area contributed by atoms with Crippen molar-refractivity contribution in [2.24, 2.45) is 5.73 Å². The van der Waals surface area contributed by atoms with Crippen LogP contribution in [0.1, 0.15) is 32.5 Å². The van der Waals surface area contributed by atoms with Crippen molar-refractivity contribution in [3.05, 3.63) is 18.2 Å². The van der Waals surface area contributed by atoms with Gasteiger partial charge in [0.2, 0.25) is 0 Å². The van der Waals surface area contributed by atoms with Gasteiger partial charge in [-0.3, -0.25) is 4.90 Å².